The molecule has 1 aromatic rings. The number of amides is 2. The summed E-state index contributed by atoms with van der Waals surface area (Å²) in [6.45, 7) is 12.9. The molecular formula is C22H36N4O2+2. The van der Waals surface area contributed by atoms with Gasteiger partial charge in [-0.05, 0) is 37.8 Å². The number of likely N-dealkylation sites (tertiary alicyclic amines) is 1. The van der Waals surface area contributed by atoms with Crippen molar-refractivity contribution in [3.05, 3.63) is 29.3 Å². The number of para-hydroxylation sites is 1. The van der Waals surface area contributed by atoms with E-state index in [0.29, 0.717) is 13.1 Å². The molecule has 0 radical (unpaired) electrons. The number of rotatable bonds is 5. The quantitative estimate of drug-likeness (QED) is 0.624. The first-order valence-corrected chi connectivity index (χ1v) is 10.7. The van der Waals surface area contributed by atoms with Crippen molar-refractivity contribution >= 4 is 17.5 Å². The normalized spacial score (nSPS) is 23.5. The van der Waals surface area contributed by atoms with Crippen molar-refractivity contribution in [1.29, 1.82) is 0 Å². The van der Waals surface area contributed by atoms with Gasteiger partial charge < -0.3 is 20.0 Å². The first-order chi connectivity index (χ1) is 13.4. The molecule has 0 aliphatic carbocycles. The zero-order valence-corrected chi connectivity index (χ0v) is 17.6. The number of carbonyl (C=O) groups excluding carboxylic acids is 2. The second kappa shape index (κ2) is 9.52. The molecule has 2 aliphatic rings. The summed E-state index contributed by atoms with van der Waals surface area (Å²) in [6.07, 6.45) is 2.53. The first kappa shape index (κ1) is 20.8. The van der Waals surface area contributed by atoms with Crippen molar-refractivity contribution in [3.63, 3.8) is 0 Å². The Morgan fingerprint density at radius 3 is 2.39 bits per heavy atom. The average molecular weight is 389 g/mol. The summed E-state index contributed by atoms with van der Waals surface area (Å²) in [5, 5.41) is 3.07. The molecule has 1 aromatic carbocycles. The fourth-order valence-electron chi connectivity index (χ4n) is 4.56. The summed E-state index contributed by atoms with van der Waals surface area (Å²) in [7, 11) is 0. The van der Waals surface area contributed by atoms with Gasteiger partial charge in [-0.2, -0.15) is 0 Å². The molecule has 0 saturated carbocycles. The monoisotopic (exact) mass is 388 g/mol. The van der Waals surface area contributed by atoms with Crippen LogP contribution in [0.1, 0.15) is 30.9 Å². The molecule has 1 unspecified atom stereocenters. The number of hydrogen-bond acceptors (Lipinski definition) is 2. The van der Waals surface area contributed by atoms with Crippen LogP contribution in [0.5, 0.6) is 0 Å². The zero-order chi connectivity index (χ0) is 20.1. The highest BCUT2D eigenvalue weighted by Crippen LogP contribution is 2.18. The number of quaternary nitrogens is 2. The van der Waals surface area contributed by atoms with Crippen LogP contribution < -0.4 is 15.1 Å². The molecule has 154 valence electrons. The Morgan fingerprint density at radius 2 is 1.75 bits per heavy atom. The lowest BCUT2D eigenvalue weighted by molar-refractivity contribution is -0.902. The van der Waals surface area contributed by atoms with E-state index in [9.17, 15) is 9.59 Å². The van der Waals surface area contributed by atoms with Crippen LogP contribution in [0.15, 0.2) is 18.2 Å². The second-order valence-electron chi connectivity index (χ2n) is 8.75. The molecule has 6 nitrogen and oxygen atoms in total. The van der Waals surface area contributed by atoms with E-state index in [-0.39, 0.29) is 11.8 Å². The Bertz CT molecular complexity index is 678. The Labute approximate surface area is 168 Å². The molecule has 3 rings (SSSR count). The van der Waals surface area contributed by atoms with Gasteiger partial charge in [-0.15, -0.1) is 0 Å². The molecule has 0 spiro atoms. The summed E-state index contributed by atoms with van der Waals surface area (Å²) < 4.78 is 0. The molecule has 2 atom stereocenters. The predicted molar refractivity (Wildman–Crippen MR) is 111 cm³/mol. The SMILES string of the molecule is Cc1cccc(C)c1NC(=O)C[NH+]1CCN(C(=O)C[NH+]2CCC[C@H](C)C2)CC1. The molecule has 2 fully saturated rings. The van der Waals surface area contributed by atoms with E-state index in [0.717, 1.165) is 62.0 Å². The van der Waals surface area contributed by atoms with Crippen molar-refractivity contribution in [3.8, 4) is 0 Å². The molecule has 2 heterocycles. The van der Waals surface area contributed by atoms with Gasteiger partial charge in [0.1, 0.15) is 0 Å². The van der Waals surface area contributed by atoms with E-state index in [4.69, 9.17) is 0 Å². The average Bonchev–Trinajstić information content (AvgIpc) is 2.65. The van der Waals surface area contributed by atoms with Crippen LogP contribution >= 0.6 is 0 Å². The molecule has 0 aromatic heterocycles. The topological polar surface area (TPSA) is 58.3 Å². The highest BCUT2D eigenvalue weighted by molar-refractivity contribution is 5.93. The lowest BCUT2D eigenvalue weighted by Crippen LogP contribution is -3.16. The third-order valence-corrected chi connectivity index (χ3v) is 6.24. The number of nitrogens with one attached hydrogen (secondary N) is 3. The molecular weight excluding hydrogens is 352 g/mol. The number of aryl methyl sites for hydroxylation is 2. The van der Waals surface area contributed by atoms with Gasteiger partial charge in [0.15, 0.2) is 13.1 Å². The van der Waals surface area contributed by atoms with Crippen LogP contribution in [0.2, 0.25) is 0 Å². The first-order valence-electron chi connectivity index (χ1n) is 10.7. The predicted octanol–water partition coefficient (Wildman–Crippen LogP) is -0.716. The minimum atomic E-state index is 0.0546. The van der Waals surface area contributed by atoms with Gasteiger partial charge in [0, 0.05) is 11.6 Å². The van der Waals surface area contributed by atoms with Crippen LogP contribution in [0.4, 0.5) is 5.69 Å². The van der Waals surface area contributed by atoms with Crippen LogP contribution in [0.3, 0.4) is 0 Å². The van der Waals surface area contributed by atoms with E-state index in [1.807, 2.05) is 36.9 Å². The van der Waals surface area contributed by atoms with E-state index < -0.39 is 0 Å². The van der Waals surface area contributed by atoms with Crippen molar-refractivity contribution in [2.45, 2.75) is 33.6 Å². The van der Waals surface area contributed by atoms with Gasteiger partial charge in [-0.1, -0.05) is 25.1 Å². The Hall–Kier alpha value is -1.92. The number of benzene rings is 1. The number of hydrogen-bond donors (Lipinski definition) is 3. The maximum Gasteiger partial charge on any atom is 0.279 e. The van der Waals surface area contributed by atoms with Crippen molar-refractivity contribution in [2.75, 3.05) is 57.7 Å². The van der Waals surface area contributed by atoms with Crippen molar-refractivity contribution in [2.24, 2.45) is 5.92 Å². The van der Waals surface area contributed by atoms with Gasteiger partial charge in [0.05, 0.1) is 39.3 Å². The molecule has 0 bridgehead atoms. The standard InChI is InChI=1S/C22H34N4O2/c1-17-6-5-9-25(14-17)16-21(28)26-12-10-24(11-13-26)15-20(27)23-22-18(2)7-4-8-19(22)3/h4,7-8,17H,5-6,9-16H2,1-3H3,(H,23,27)/p+2/t17-/m0/s1. The molecule has 6 heteroatoms. The Balaban J connectivity index is 1.42. The van der Waals surface area contributed by atoms with E-state index >= 15 is 0 Å². The van der Waals surface area contributed by atoms with E-state index in [1.54, 1.807) is 0 Å². The summed E-state index contributed by atoms with van der Waals surface area (Å²) in [5.41, 5.74) is 3.11. The third kappa shape index (κ3) is 5.55. The highest BCUT2D eigenvalue weighted by Gasteiger charge is 2.29. The van der Waals surface area contributed by atoms with Crippen LogP contribution in [-0.2, 0) is 9.59 Å². The summed E-state index contributed by atoms with van der Waals surface area (Å²) >= 11 is 0. The molecule has 28 heavy (non-hydrogen) atoms. The van der Waals surface area contributed by atoms with Gasteiger partial charge in [0.25, 0.3) is 11.8 Å². The molecule has 2 aliphatic heterocycles. The van der Waals surface area contributed by atoms with Crippen LogP contribution in [0, 0.1) is 19.8 Å². The molecule has 3 N–H and O–H groups in total. The largest absolute Gasteiger partial charge is 0.327 e. The van der Waals surface area contributed by atoms with E-state index in [1.165, 1.54) is 22.6 Å². The Kier molecular flexibility index (Phi) is 7.08. The fourth-order valence-corrected chi connectivity index (χ4v) is 4.56. The lowest BCUT2D eigenvalue weighted by atomic mass is 10.0. The summed E-state index contributed by atoms with van der Waals surface area (Å²) in [5.74, 6) is 1.07. The fraction of sp³-hybridized carbons (Fsp3) is 0.636. The van der Waals surface area contributed by atoms with Gasteiger partial charge in [-0.25, -0.2) is 0 Å². The maximum atomic E-state index is 12.6. The number of carbonyl (C=O) groups is 2. The van der Waals surface area contributed by atoms with Gasteiger partial charge >= 0.3 is 0 Å². The minimum Gasteiger partial charge on any atom is -0.327 e. The van der Waals surface area contributed by atoms with Crippen molar-refractivity contribution in [1.82, 2.24) is 4.90 Å². The Morgan fingerprint density at radius 1 is 1.07 bits per heavy atom. The molecule has 2 amide bonds. The van der Waals surface area contributed by atoms with Gasteiger partial charge in [0.2, 0.25) is 0 Å². The smallest absolute Gasteiger partial charge is 0.279 e. The molecule has 2 saturated heterocycles. The van der Waals surface area contributed by atoms with Crippen molar-refractivity contribution < 1.29 is 19.4 Å². The second-order valence-corrected chi connectivity index (χ2v) is 8.75. The van der Waals surface area contributed by atoms with Gasteiger partial charge in [-0.3, -0.25) is 9.59 Å². The summed E-state index contributed by atoms with van der Waals surface area (Å²) in [6, 6.07) is 6.05. The number of nitrogens with zero attached hydrogens (tertiary/aromatic N) is 1. The van der Waals surface area contributed by atoms with Crippen LogP contribution in [-0.4, -0.2) is 69.1 Å². The minimum absolute atomic E-state index is 0.0546. The van der Waals surface area contributed by atoms with E-state index in [2.05, 4.69) is 12.2 Å². The number of piperidine rings is 1. The lowest BCUT2D eigenvalue weighted by Gasteiger charge is -2.33. The zero-order valence-electron chi connectivity index (χ0n) is 17.6. The number of piperazine rings is 1. The highest BCUT2D eigenvalue weighted by atomic mass is 16.2. The number of anilines is 1. The summed E-state index contributed by atoms with van der Waals surface area (Å²) in [4.78, 5) is 29.8. The maximum absolute atomic E-state index is 12.6. The van der Waals surface area contributed by atoms with Crippen LogP contribution in [0.25, 0.3) is 0 Å². The third-order valence-electron chi connectivity index (χ3n) is 6.24.